The highest BCUT2D eigenvalue weighted by Crippen LogP contribution is 1.91. The maximum absolute atomic E-state index is 10.4. The Morgan fingerprint density at radius 2 is 2.78 bits per heavy atom. The lowest BCUT2D eigenvalue weighted by atomic mass is 10.2. The van der Waals surface area contributed by atoms with Gasteiger partial charge in [-0.1, -0.05) is 0 Å². The van der Waals surface area contributed by atoms with Crippen molar-refractivity contribution < 1.29 is 4.79 Å². The van der Waals surface area contributed by atoms with E-state index in [1.54, 1.807) is 6.20 Å². The van der Waals surface area contributed by atoms with E-state index in [0.29, 0.717) is 12.1 Å². The van der Waals surface area contributed by atoms with Gasteiger partial charge in [0.05, 0.1) is 12.1 Å². The summed E-state index contributed by atoms with van der Waals surface area (Å²) in [5.41, 5.74) is 0.683. The summed E-state index contributed by atoms with van der Waals surface area (Å²) in [7, 11) is 0. The van der Waals surface area contributed by atoms with Crippen molar-refractivity contribution in [1.29, 1.82) is 0 Å². The number of ketones is 1. The van der Waals surface area contributed by atoms with Crippen molar-refractivity contribution in [3.05, 3.63) is 18.0 Å². The molecule has 0 aliphatic heterocycles. The summed E-state index contributed by atoms with van der Waals surface area (Å²) in [6.45, 7) is 1.53. The number of Topliss-reactive ketones (excluding diaryl/α,β-unsaturated/α-hetero) is 1. The Morgan fingerprint density at radius 1 is 2.00 bits per heavy atom. The van der Waals surface area contributed by atoms with Gasteiger partial charge in [0.25, 0.3) is 0 Å². The third-order valence-electron chi connectivity index (χ3n) is 0.919. The minimum Gasteiger partial charge on any atom is -0.300 e. The zero-order valence-electron chi connectivity index (χ0n) is 5.14. The molecular formula is C6H7N2O. The van der Waals surface area contributed by atoms with Crippen molar-refractivity contribution >= 4 is 5.78 Å². The number of rotatable bonds is 2. The van der Waals surface area contributed by atoms with E-state index in [1.165, 1.54) is 6.92 Å². The fourth-order valence-corrected chi connectivity index (χ4v) is 0.584. The Balaban J connectivity index is 2.58. The number of hydrogen-bond acceptors (Lipinski definition) is 2. The van der Waals surface area contributed by atoms with Gasteiger partial charge in [-0.25, -0.2) is 0 Å². The molecular weight excluding hydrogens is 116 g/mol. The molecule has 0 saturated carbocycles. The molecule has 1 radical (unpaired) electrons. The van der Waals surface area contributed by atoms with Crippen LogP contribution in [-0.2, 0) is 11.2 Å². The van der Waals surface area contributed by atoms with E-state index in [4.69, 9.17) is 0 Å². The first-order valence-electron chi connectivity index (χ1n) is 2.69. The molecule has 1 aromatic heterocycles. The second kappa shape index (κ2) is 2.44. The van der Waals surface area contributed by atoms with Crippen LogP contribution in [0.5, 0.6) is 0 Å². The lowest BCUT2D eigenvalue weighted by Gasteiger charge is -1.84. The van der Waals surface area contributed by atoms with Gasteiger partial charge in [0.2, 0.25) is 0 Å². The van der Waals surface area contributed by atoms with Crippen molar-refractivity contribution in [3.8, 4) is 0 Å². The number of nitrogens with one attached hydrogen (secondary N) is 1. The Labute approximate surface area is 53.1 Å². The average Bonchev–Trinajstić information content (AvgIpc) is 2.15. The van der Waals surface area contributed by atoms with E-state index in [2.05, 4.69) is 16.3 Å². The quantitative estimate of drug-likeness (QED) is 0.616. The summed E-state index contributed by atoms with van der Waals surface area (Å²) in [6.07, 6.45) is 1.96. The predicted molar refractivity (Wildman–Crippen MR) is 31.8 cm³/mol. The Morgan fingerprint density at radius 3 is 3.22 bits per heavy atom. The minimum atomic E-state index is 0.110. The summed E-state index contributed by atoms with van der Waals surface area (Å²) >= 11 is 0. The normalized spacial score (nSPS) is 9.44. The summed E-state index contributed by atoms with van der Waals surface area (Å²) in [5.74, 6) is 0.110. The maximum Gasteiger partial charge on any atom is 0.135 e. The van der Waals surface area contributed by atoms with Crippen LogP contribution in [0, 0.1) is 6.07 Å². The number of carbonyl (C=O) groups excluding carboxylic acids is 1. The number of aromatic nitrogens is 2. The molecule has 0 bridgehead atoms. The number of aromatic amines is 1. The highest BCUT2D eigenvalue weighted by molar-refractivity contribution is 5.77. The third-order valence-corrected chi connectivity index (χ3v) is 0.919. The molecule has 0 aliphatic carbocycles. The van der Waals surface area contributed by atoms with Gasteiger partial charge in [-0.3, -0.25) is 9.89 Å². The van der Waals surface area contributed by atoms with Crippen LogP contribution in [-0.4, -0.2) is 16.0 Å². The Hall–Kier alpha value is -1.12. The van der Waals surface area contributed by atoms with Crippen LogP contribution in [0.15, 0.2) is 6.20 Å². The van der Waals surface area contributed by atoms with Crippen LogP contribution in [0.1, 0.15) is 12.6 Å². The van der Waals surface area contributed by atoms with Crippen molar-refractivity contribution in [2.24, 2.45) is 0 Å². The van der Waals surface area contributed by atoms with Crippen molar-refractivity contribution in [2.45, 2.75) is 13.3 Å². The molecule has 0 fully saturated rings. The third kappa shape index (κ3) is 1.68. The zero-order valence-corrected chi connectivity index (χ0v) is 5.14. The zero-order chi connectivity index (χ0) is 6.69. The second-order valence-electron chi connectivity index (χ2n) is 1.86. The Bertz CT molecular complexity index is 191. The summed E-state index contributed by atoms with van der Waals surface area (Å²) in [6, 6.07) is 2.78. The fourth-order valence-electron chi connectivity index (χ4n) is 0.584. The standard InChI is InChI=1S/C6H7N2O/c1-5(9)4-6-2-3-7-8-6/h3H,4H2,1H3,(H,7,8). The molecule has 1 rings (SSSR count). The van der Waals surface area contributed by atoms with Crippen LogP contribution in [0.4, 0.5) is 0 Å². The summed E-state index contributed by atoms with van der Waals surface area (Å²) in [5, 5.41) is 6.33. The van der Waals surface area contributed by atoms with Crippen LogP contribution < -0.4 is 0 Å². The summed E-state index contributed by atoms with van der Waals surface area (Å²) < 4.78 is 0. The number of nitrogens with zero attached hydrogens (tertiary/aromatic N) is 1. The smallest absolute Gasteiger partial charge is 0.135 e. The van der Waals surface area contributed by atoms with E-state index < -0.39 is 0 Å². The first-order valence-corrected chi connectivity index (χ1v) is 2.69. The van der Waals surface area contributed by atoms with E-state index >= 15 is 0 Å². The molecule has 1 heterocycles. The predicted octanol–water partition coefficient (Wildman–Crippen LogP) is 0.341. The second-order valence-corrected chi connectivity index (χ2v) is 1.86. The van der Waals surface area contributed by atoms with Crippen molar-refractivity contribution in [3.63, 3.8) is 0 Å². The molecule has 47 valence electrons. The molecule has 0 atom stereocenters. The van der Waals surface area contributed by atoms with Gasteiger partial charge < -0.3 is 0 Å². The molecule has 0 amide bonds. The molecule has 0 aliphatic rings. The van der Waals surface area contributed by atoms with Gasteiger partial charge >= 0.3 is 0 Å². The van der Waals surface area contributed by atoms with Crippen LogP contribution in [0.3, 0.4) is 0 Å². The van der Waals surface area contributed by atoms with E-state index in [1.807, 2.05) is 0 Å². The van der Waals surface area contributed by atoms with E-state index in [9.17, 15) is 4.79 Å². The molecule has 3 nitrogen and oxygen atoms in total. The average molecular weight is 123 g/mol. The monoisotopic (exact) mass is 123 g/mol. The van der Waals surface area contributed by atoms with Crippen LogP contribution >= 0.6 is 0 Å². The molecule has 9 heavy (non-hydrogen) atoms. The molecule has 0 saturated heterocycles. The lowest BCUT2D eigenvalue weighted by Crippen LogP contribution is -1.95. The lowest BCUT2D eigenvalue weighted by molar-refractivity contribution is -0.116. The van der Waals surface area contributed by atoms with Crippen LogP contribution in [0.25, 0.3) is 0 Å². The number of hydrogen-bond donors (Lipinski definition) is 1. The largest absolute Gasteiger partial charge is 0.300 e. The highest BCUT2D eigenvalue weighted by Gasteiger charge is 1.97. The van der Waals surface area contributed by atoms with Gasteiger partial charge in [-0.15, -0.1) is 0 Å². The van der Waals surface area contributed by atoms with Crippen molar-refractivity contribution in [2.75, 3.05) is 0 Å². The molecule has 0 spiro atoms. The first kappa shape index (κ1) is 6.01. The van der Waals surface area contributed by atoms with Crippen LogP contribution in [0.2, 0.25) is 0 Å². The molecule has 1 aromatic rings. The topological polar surface area (TPSA) is 45.8 Å². The van der Waals surface area contributed by atoms with Gasteiger partial charge in [0, 0.05) is 12.3 Å². The summed E-state index contributed by atoms with van der Waals surface area (Å²) in [4.78, 5) is 10.4. The molecule has 3 heteroatoms. The highest BCUT2D eigenvalue weighted by atomic mass is 16.1. The molecule has 0 unspecified atom stereocenters. The van der Waals surface area contributed by atoms with Gasteiger partial charge in [0.15, 0.2) is 0 Å². The van der Waals surface area contributed by atoms with Gasteiger partial charge in [-0.2, -0.15) is 5.10 Å². The SMILES string of the molecule is CC(=O)Cc1[c]c[nH]n1. The van der Waals surface area contributed by atoms with E-state index in [0.717, 1.165) is 0 Å². The van der Waals surface area contributed by atoms with Gasteiger partial charge in [-0.05, 0) is 6.92 Å². The number of carbonyl (C=O) groups is 1. The minimum absolute atomic E-state index is 0.110. The maximum atomic E-state index is 10.4. The van der Waals surface area contributed by atoms with Gasteiger partial charge in [0.1, 0.15) is 5.78 Å². The number of H-pyrrole nitrogens is 1. The first-order chi connectivity index (χ1) is 4.29. The fraction of sp³-hybridized carbons (Fsp3) is 0.333. The Kier molecular flexibility index (Phi) is 1.63. The molecule has 1 N–H and O–H groups in total. The van der Waals surface area contributed by atoms with E-state index in [-0.39, 0.29) is 5.78 Å². The molecule has 0 aromatic carbocycles. The van der Waals surface area contributed by atoms with Crippen molar-refractivity contribution in [1.82, 2.24) is 10.2 Å².